The normalized spacial score (nSPS) is 12.0. The lowest BCUT2D eigenvalue weighted by Crippen LogP contribution is -2.44. The molecule has 1 unspecified atom stereocenters. The number of benzene rings is 2. The molecule has 29 heavy (non-hydrogen) atoms. The topological polar surface area (TPSA) is 91.3 Å². The molecule has 0 heterocycles. The largest absolute Gasteiger partial charge is 0.491 e. The SMILES string of the molecule is CC(=O)c1cccc(Nc2ccc(OCC(C)NC(=O)C(C)(F)F)cc2C=N)c1. The first-order valence-corrected chi connectivity index (χ1v) is 8.94. The van der Waals surface area contributed by atoms with Gasteiger partial charge in [-0.25, -0.2) is 0 Å². The monoisotopic (exact) mass is 403 g/mol. The lowest BCUT2D eigenvalue weighted by molar-refractivity contribution is -0.143. The average Bonchev–Trinajstić information content (AvgIpc) is 2.66. The van der Waals surface area contributed by atoms with Crippen molar-refractivity contribution in [2.75, 3.05) is 11.9 Å². The van der Waals surface area contributed by atoms with Crippen LogP contribution in [0.3, 0.4) is 0 Å². The van der Waals surface area contributed by atoms with Crippen molar-refractivity contribution in [1.82, 2.24) is 5.32 Å². The molecule has 0 aliphatic rings. The van der Waals surface area contributed by atoms with Crippen LogP contribution in [0, 0.1) is 5.41 Å². The van der Waals surface area contributed by atoms with Crippen molar-refractivity contribution in [2.45, 2.75) is 32.7 Å². The number of carbonyl (C=O) groups excluding carboxylic acids is 2. The van der Waals surface area contributed by atoms with Crippen molar-refractivity contribution in [1.29, 1.82) is 5.41 Å². The van der Waals surface area contributed by atoms with Crippen LogP contribution in [0.4, 0.5) is 20.2 Å². The molecule has 3 N–H and O–H groups in total. The molecule has 0 radical (unpaired) electrons. The smallest absolute Gasteiger partial charge is 0.321 e. The van der Waals surface area contributed by atoms with E-state index < -0.39 is 17.9 Å². The van der Waals surface area contributed by atoms with Gasteiger partial charge in [-0.05, 0) is 44.2 Å². The van der Waals surface area contributed by atoms with E-state index in [1.54, 1.807) is 49.4 Å². The van der Waals surface area contributed by atoms with Crippen LogP contribution in [-0.2, 0) is 4.79 Å². The van der Waals surface area contributed by atoms with Crippen molar-refractivity contribution in [3.05, 3.63) is 53.6 Å². The van der Waals surface area contributed by atoms with Gasteiger partial charge >= 0.3 is 5.92 Å². The number of carbonyl (C=O) groups is 2. The third-order valence-corrected chi connectivity index (χ3v) is 4.00. The van der Waals surface area contributed by atoms with Crippen molar-refractivity contribution >= 4 is 29.3 Å². The third kappa shape index (κ3) is 6.38. The summed E-state index contributed by atoms with van der Waals surface area (Å²) in [6.45, 7) is 3.56. The van der Waals surface area contributed by atoms with Gasteiger partial charge in [0.15, 0.2) is 5.78 Å². The molecule has 2 aromatic rings. The molecule has 154 valence electrons. The molecule has 8 heteroatoms. The zero-order valence-electron chi connectivity index (χ0n) is 16.4. The number of hydrogen-bond acceptors (Lipinski definition) is 5. The predicted molar refractivity (Wildman–Crippen MR) is 108 cm³/mol. The summed E-state index contributed by atoms with van der Waals surface area (Å²) in [4.78, 5) is 22.8. The van der Waals surface area contributed by atoms with E-state index in [4.69, 9.17) is 10.1 Å². The second kappa shape index (κ2) is 9.27. The van der Waals surface area contributed by atoms with Gasteiger partial charge in [-0.2, -0.15) is 8.78 Å². The standard InChI is InChI=1S/C21H23F2N3O3/c1-13(25-20(28)21(3,22)23)12-29-18-7-8-19(16(10-18)11-24)26-17-6-4-5-15(9-17)14(2)27/h4-11,13,24,26H,12H2,1-3H3,(H,25,28). The highest BCUT2D eigenvalue weighted by atomic mass is 19.3. The maximum absolute atomic E-state index is 12.9. The molecule has 1 atom stereocenters. The minimum absolute atomic E-state index is 0.00725. The van der Waals surface area contributed by atoms with Crippen LogP contribution >= 0.6 is 0 Å². The van der Waals surface area contributed by atoms with E-state index in [1.165, 1.54) is 6.92 Å². The van der Waals surface area contributed by atoms with Gasteiger partial charge in [-0.15, -0.1) is 0 Å². The first kappa shape index (κ1) is 22.0. The van der Waals surface area contributed by atoms with Crippen LogP contribution in [0.15, 0.2) is 42.5 Å². The number of ketones is 1. The molecule has 2 aromatic carbocycles. The van der Waals surface area contributed by atoms with Crippen molar-refractivity contribution in [3.8, 4) is 5.75 Å². The molecule has 0 saturated heterocycles. The number of ether oxygens (including phenoxy) is 1. The molecule has 6 nitrogen and oxygen atoms in total. The molecular weight excluding hydrogens is 380 g/mol. The van der Waals surface area contributed by atoms with Gasteiger partial charge in [0, 0.05) is 35.6 Å². The number of halogens is 2. The van der Waals surface area contributed by atoms with Crippen molar-refractivity contribution in [3.63, 3.8) is 0 Å². The van der Waals surface area contributed by atoms with Crippen LogP contribution < -0.4 is 15.4 Å². The summed E-state index contributed by atoms with van der Waals surface area (Å²) < 4.78 is 31.4. The van der Waals surface area contributed by atoms with Gasteiger partial charge in [-0.3, -0.25) is 9.59 Å². The van der Waals surface area contributed by atoms with E-state index in [9.17, 15) is 18.4 Å². The lowest BCUT2D eigenvalue weighted by atomic mass is 10.1. The fourth-order valence-corrected chi connectivity index (χ4v) is 2.45. The molecule has 0 spiro atoms. The highest BCUT2D eigenvalue weighted by Crippen LogP contribution is 2.25. The second-order valence-electron chi connectivity index (χ2n) is 6.73. The van der Waals surface area contributed by atoms with Crippen LogP contribution in [0.2, 0.25) is 0 Å². The number of Topliss-reactive ketones (excluding diaryl/α,β-unsaturated/α-hetero) is 1. The summed E-state index contributed by atoms with van der Waals surface area (Å²) in [5.41, 5.74) is 2.44. The Balaban J connectivity index is 2.05. The van der Waals surface area contributed by atoms with E-state index in [0.717, 1.165) is 6.21 Å². The van der Waals surface area contributed by atoms with E-state index in [0.29, 0.717) is 35.2 Å². The number of amides is 1. The van der Waals surface area contributed by atoms with Crippen LogP contribution in [0.5, 0.6) is 5.75 Å². The highest BCUT2D eigenvalue weighted by molar-refractivity contribution is 5.95. The summed E-state index contributed by atoms with van der Waals surface area (Å²) in [6.07, 6.45) is 1.15. The molecule has 0 aliphatic carbocycles. The van der Waals surface area contributed by atoms with Crippen LogP contribution in [0.25, 0.3) is 0 Å². The Labute approximate surface area is 167 Å². The number of alkyl halides is 2. The first-order valence-electron chi connectivity index (χ1n) is 8.94. The van der Waals surface area contributed by atoms with Gasteiger partial charge in [0.05, 0.1) is 6.04 Å². The van der Waals surface area contributed by atoms with Gasteiger partial charge in [-0.1, -0.05) is 12.1 Å². The summed E-state index contributed by atoms with van der Waals surface area (Å²) >= 11 is 0. The van der Waals surface area contributed by atoms with Gasteiger partial charge in [0.2, 0.25) is 0 Å². The molecule has 0 aromatic heterocycles. The number of anilines is 2. The Bertz CT molecular complexity index is 910. The number of rotatable bonds is 9. The highest BCUT2D eigenvalue weighted by Gasteiger charge is 2.32. The molecule has 1 amide bonds. The van der Waals surface area contributed by atoms with Gasteiger partial charge in [0.1, 0.15) is 12.4 Å². The van der Waals surface area contributed by atoms with Crippen LogP contribution in [-0.4, -0.2) is 36.5 Å². The minimum atomic E-state index is -3.45. The van der Waals surface area contributed by atoms with Crippen LogP contribution in [0.1, 0.15) is 36.7 Å². The third-order valence-electron chi connectivity index (χ3n) is 4.00. The van der Waals surface area contributed by atoms with Crippen molar-refractivity contribution < 1.29 is 23.1 Å². The molecule has 0 aliphatic heterocycles. The summed E-state index contributed by atoms with van der Waals surface area (Å²) in [5.74, 6) is -4.43. The molecule has 0 fully saturated rings. The minimum Gasteiger partial charge on any atom is -0.491 e. The summed E-state index contributed by atoms with van der Waals surface area (Å²) in [5, 5.41) is 13.0. The molecule has 0 bridgehead atoms. The molecular formula is C21H23F2N3O3. The van der Waals surface area contributed by atoms with E-state index in [1.807, 2.05) is 0 Å². The Morgan fingerprint density at radius 2 is 1.97 bits per heavy atom. The number of hydrogen-bond donors (Lipinski definition) is 3. The Hall–Kier alpha value is -3.29. The average molecular weight is 403 g/mol. The Morgan fingerprint density at radius 3 is 2.59 bits per heavy atom. The Kier molecular flexibility index (Phi) is 7.03. The maximum atomic E-state index is 12.9. The molecule has 0 saturated carbocycles. The fourth-order valence-electron chi connectivity index (χ4n) is 2.45. The maximum Gasteiger partial charge on any atom is 0.321 e. The second-order valence-corrected chi connectivity index (χ2v) is 6.73. The van der Waals surface area contributed by atoms with E-state index in [-0.39, 0.29) is 12.4 Å². The zero-order valence-corrected chi connectivity index (χ0v) is 16.4. The number of nitrogens with one attached hydrogen (secondary N) is 3. The molecule has 2 rings (SSSR count). The first-order chi connectivity index (χ1) is 13.6. The Morgan fingerprint density at radius 1 is 1.24 bits per heavy atom. The quantitative estimate of drug-likeness (QED) is 0.433. The summed E-state index contributed by atoms with van der Waals surface area (Å²) in [6, 6.07) is 11.4. The van der Waals surface area contributed by atoms with Crippen molar-refractivity contribution in [2.24, 2.45) is 0 Å². The van der Waals surface area contributed by atoms with E-state index >= 15 is 0 Å². The van der Waals surface area contributed by atoms with E-state index in [2.05, 4.69) is 10.6 Å². The lowest BCUT2D eigenvalue weighted by Gasteiger charge is -2.18. The fraction of sp³-hybridized carbons (Fsp3) is 0.286. The van der Waals surface area contributed by atoms with Gasteiger partial charge in [0.25, 0.3) is 5.91 Å². The summed E-state index contributed by atoms with van der Waals surface area (Å²) in [7, 11) is 0. The predicted octanol–water partition coefficient (Wildman–Crippen LogP) is 4.17. The zero-order chi connectivity index (χ0) is 21.6. The van der Waals surface area contributed by atoms with Gasteiger partial charge < -0.3 is 20.8 Å².